The van der Waals surface area contributed by atoms with Crippen LogP contribution in [0.15, 0.2) is 22.8 Å². The van der Waals surface area contributed by atoms with E-state index in [9.17, 15) is 4.79 Å². The number of nitrogens with zero attached hydrogens (tertiary/aromatic N) is 2. The quantitative estimate of drug-likeness (QED) is 0.764. The second kappa shape index (κ2) is 7.50. The third-order valence-corrected chi connectivity index (χ3v) is 5.82. The number of ketones is 1. The summed E-state index contributed by atoms with van der Waals surface area (Å²) in [5, 5.41) is 19.2. The van der Waals surface area contributed by atoms with Crippen molar-refractivity contribution in [2.24, 2.45) is 0 Å². The van der Waals surface area contributed by atoms with E-state index in [2.05, 4.69) is 26.6 Å². The molecule has 5 heteroatoms. The molecule has 3 rings (SSSR count). The molecular formula is C19H21BrN2O2. The topological polar surface area (TPSA) is 66.0 Å². The normalized spacial score (nSPS) is 15.5. The molecule has 0 aliphatic heterocycles. The fraction of sp³-hybridized carbons (Fsp3) is 0.474. The van der Waals surface area contributed by atoms with Crippen LogP contribution in [0.3, 0.4) is 0 Å². The smallest absolute Gasteiger partial charge is 0.188 e. The van der Waals surface area contributed by atoms with Crippen LogP contribution in [0.25, 0.3) is 10.9 Å². The molecule has 4 nitrogen and oxygen atoms in total. The Morgan fingerprint density at radius 3 is 2.75 bits per heavy atom. The maximum Gasteiger partial charge on any atom is 0.188 e. The number of hydrogen-bond acceptors (Lipinski definition) is 3. The number of halogens is 1. The first kappa shape index (κ1) is 17.2. The Bertz CT molecular complexity index is 798. The summed E-state index contributed by atoms with van der Waals surface area (Å²) in [5.41, 5.74) is 2.80. The molecular weight excluding hydrogens is 368 g/mol. The zero-order valence-corrected chi connectivity index (χ0v) is 15.2. The van der Waals surface area contributed by atoms with E-state index in [4.69, 9.17) is 10.4 Å². The molecule has 1 N–H and O–H groups in total. The maximum absolute atomic E-state index is 11.9. The van der Waals surface area contributed by atoms with E-state index in [0.29, 0.717) is 24.4 Å². The predicted molar refractivity (Wildman–Crippen MR) is 97.1 cm³/mol. The lowest BCUT2D eigenvalue weighted by Gasteiger charge is -2.22. The molecule has 1 aliphatic carbocycles. The number of aryl methyl sites for hydroxylation is 1. The highest BCUT2D eigenvalue weighted by molar-refractivity contribution is 9.10. The van der Waals surface area contributed by atoms with E-state index >= 15 is 0 Å². The van der Waals surface area contributed by atoms with E-state index in [1.165, 1.54) is 37.7 Å². The van der Waals surface area contributed by atoms with Gasteiger partial charge in [0.1, 0.15) is 6.61 Å². The summed E-state index contributed by atoms with van der Waals surface area (Å²) in [6, 6.07) is 7.84. The number of aliphatic hydroxyl groups excluding tert-OH is 1. The summed E-state index contributed by atoms with van der Waals surface area (Å²) in [4.78, 5) is 11.9. The zero-order valence-electron chi connectivity index (χ0n) is 13.6. The van der Waals surface area contributed by atoms with Crippen molar-refractivity contribution in [2.45, 2.75) is 51.0 Å². The van der Waals surface area contributed by atoms with Gasteiger partial charge in [-0.1, -0.05) is 31.4 Å². The predicted octanol–water partition coefficient (Wildman–Crippen LogP) is 4.54. The van der Waals surface area contributed by atoms with Gasteiger partial charge in [0.2, 0.25) is 0 Å². The number of aliphatic hydroxyl groups is 1. The third-order valence-electron chi connectivity index (χ3n) is 4.96. The Kier molecular flexibility index (Phi) is 5.37. The number of aromatic nitrogens is 1. The lowest BCUT2D eigenvalue weighted by molar-refractivity contribution is 0.0904. The van der Waals surface area contributed by atoms with Crippen molar-refractivity contribution < 1.29 is 9.90 Å². The minimum Gasteiger partial charge on any atom is -0.388 e. The van der Waals surface area contributed by atoms with Crippen molar-refractivity contribution in [1.29, 1.82) is 5.26 Å². The zero-order chi connectivity index (χ0) is 17.1. The lowest BCUT2D eigenvalue weighted by atomic mass is 9.84. The van der Waals surface area contributed by atoms with Gasteiger partial charge in [0.05, 0.1) is 17.1 Å². The van der Waals surface area contributed by atoms with Crippen molar-refractivity contribution in [3.8, 4) is 6.07 Å². The van der Waals surface area contributed by atoms with E-state index in [-0.39, 0.29) is 5.78 Å². The number of Topliss-reactive ketones (excluding diaryl/α,β-unsaturated/α-hetero) is 1. The van der Waals surface area contributed by atoms with E-state index in [0.717, 1.165) is 15.5 Å². The van der Waals surface area contributed by atoms with Gasteiger partial charge in [-0.15, -0.1) is 0 Å². The number of rotatable bonds is 5. The molecule has 1 aliphatic rings. The molecule has 24 heavy (non-hydrogen) atoms. The molecule has 0 spiro atoms. The molecule has 0 atom stereocenters. The summed E-state index contributed by atoms with van der Waals surface area (Å²) in [7, 11) is 0. The highest BCUT2D eigenvalue weighted by Crippen LogP contribution is 2.42. The monoisotopic (exact) mass is 388 g/mol. The summed E-state index contributed by atoms with van der Waals surface area (Å²) in [5.74, 6) is 0.249. The van der Waals surface area contributed by atoms with E-state index in [1.807, 2.05) is 12.1 Å². The molecule has 1 fully saturated rings. The first-order chi connectivity index (χ1) is 11.7. The van der Waals surface area contributed by atoms with Crippen LogP contribution in [0.4, 0.5) is 0 Å². The first-order valence-corrected chi connectivity index (χ1v) is 9.29. The molecule has 1 heterocycles. The Labute approximate surface area is 150 Å². The molecule has 0 bridgehead atoms. The highest BCUT2D eigenvalue weighted by atomic mass is 79.9. The van der Waals surface area contributed by atoms with Crippen LogP contribution < -0.4 is 0 Å². The van der Waals surface area contributed by atoms with Crippen molar-refractivity contribution in [3.05, 3.63) is 33.9 Å². The molecule has 1 aromatic heterocycles. The second-order valence-electron chi connectivity index (χ2n) is 6.41. The Balaban J connectivity index is 2.15. The minimum absolute atomic E-state index is 0.278. The van der Waals surface area contributed by atoms with E-state index in [1.54, 1.807) is 6.07 Å². The molecule has 0 amide bonds. The average molecular weight is 389 g/mol. The van der Waals surface area contributed by atoms with Crippen molar-refractivity contribution in [2.75, 3.05) is 6.61 Å². The number of benzene rings is 1. The van der Waals surface area contributed by atoms with Crippen LogP contribution in [0.1, 0.15) is 60.4 Å². The van der Waals surface area contributed by atoms with Crippen LogP contribution in [-0.4, -0.2) is 22.1 Å². The summed E-state index contributed by atoms with van der Waals surface area (Å²) >= 11 is 3.76. The standard InChI is InChI=1S/C19H21BrN2O2/c20-19-18(13-5-2-1-3-6-13)15-8-7-14(17(24)12-23)11-16(15)22(19)10-4-9-21/h7-8,11,13,23H,1-6,10,12H2. The highest BCUT2D eigenvalue weighted by Gasteiger charge is 2.25. The first-order valence-electron chi connectivity index (χ1n) is 8.50. The van der Waals surface area contributed by atoms with Gasteiger partial charge >= 0.3 is 0 Å². The minimum atomic E-state index is -0.485. The van der Waals surface area contributed by atoms with Gasteiger partial charge in [0.15, 0.2) is 5.78 Å². The van der Waals surface area contributed by atoms with Crippen molar-refractivity contribution >= 4 is 32.6 Å². The van der Waals surface area contributed by atoms with Gasteiger partial charge in [0.25, 0.3) is 0 Å². The SMILES string of the molecule is N#CCCn1c(Br)c(C2CCCCC2)c2ccc(C(=O)CO)cc21. The van der Waals surface area contributed by atoms with Gasteiger partial charge < -0.3 is 9.67 Å². The van der Waals surface area contributed by atoms with Gasteiger partial charge in [-0.2, -0.15) is 5.26 Å². The van der Waals surface area contributed by atoms with E-state index < -0.39 is 6.61 Å². The van der Waals surface area contributed by atoms with Gasteiger partial charge in [-0.25, -0.2) is 0 Å². The Hall–Kier alpha value is -1.64. The van der Waals surface area contributed by atoms with Crippen molar-refractivity contribution in [3.63, 3.8) is 0 Å². The fourth-order valence-corrected chi connectivity index (χ4v) is 4.68. The molecule has 1 saturated carbocycles. The van der Waals surface area contributed by atoms with Gasteiger partial charge in [-0.3, -0.25) is 4.79 Å². The average Bonchev–Trinajstić information content (AvgIpc) is 2.90. The lowest BCUT2D eigenvalue weighted by Crippen LogP contribution is -2.05. The number of fused-ring (bicyclic) bond motifs is 1. The largest absolute Gasteiger partial charge is 0.388 e. The molecule has 126 valence electrons. The number of nitriles is 1. The Morgan fingerprint density at radius 2 is 2.08 bits per heavy atom. The summed E-state index contributed by atoms with van der Waals surface area (Å²) in [6.45, 7) is 0.109. The Morgan fingerprint density at radius 1 is 1.33 bits per heavy atom. The molecule has 2 aromatic rings. The number of hydrogen-bond donors (Lipinski definition) is 1. The second-order valence-corrected chi connectivity index (χ2v) is 7.16. The van der Waals surface area contributed by atoms with Crippen LogP contribution in [0.2, 0.25) is 0 Å². The fourth-order valence-electron chi connectivity index (χ4n) is 3.77. The third kappa shape index (κ3) is 3.13. The van der Waals surface area contributed by atoms with Crippen LogP contribution in [0, 0.1) is 11.3 Å². The molecule has 0 unspecified atom stereocenters. The molecule has 0 saturated heterocycles. The number of carbonyl (C=O) groups is 1. The van der Waals surface area contributed by atoms with Crippen molar-refractivity contribution in [1.82, 2.24) is 4.57 Å². The summed E-state index contributed by atoms with van der Waals surface area (Å²) in [6.07, 6.45) is 6.60. The van der Waals surface area contributed by atoms with Gasteiger partial charge in [-0.05, 0) is 46.3 Å². The maximum atomic E-state index is 11.9. The van der Waals surface area contributed by atoms with Crippen LogP contribution >= 0.6 is 15.9 Å². The van der Waals surface area contributed by atoms with Crippen LogP contribution in [0.5, 0.6) is 0 Å². The summed E-state index contributed by atoms with van der Waals surface area (Å²) < 4.78 is 3.13. The van der Waals surface area contributed by atoms with Gasteiger partial charge in [0, 0.05) is 23.0 Å². The molecule has 1 aromatic carbocycles. The number of carbonyl (C=O) groups excluding carboxylic acids is 1. The molecule has 0 radical (unpaired) electrons. The van der Waals surface area contributed by atoms with Crippen LogP contribution in [-0.2, 0) is 6.54 Å².